The van der Waals surface area contributed by atoms with Crippen molar-refractivity contribution in [3.63, 3.8) is 0 Å². The Morgan fingerprint density at radius 3 is 2.44 bits per heavy atom. The van der Waals surface area contributed by atoms with Crippen LogP contribution < -0.4 is 15.6 Å². The number of hydrazine groups is 1. The molecule has 7 heteroatoms. The molecule has 1 heterocycles. The SMILES string of the molecule is Cc1cc(C)cc(OCC(=O)NNC(=O)c2[nH]c3c(c2C)C(=O)CCC3)c1. The van der Waals surface area contributed by atoms with Gasteiger partial charge < -0.3 is 9.72 Å². The van der Waals surface area contributed by atoms with Crippen molar-refractivity contribution in [3.05, 3.63) is 51.8 Å². The molecular weight excluding hydrogens is 346 g/mol. The molecule has 1 aromatic heterocycles. The molecule has 0 spiro atoms. The molecular formula is C20H23N3O4. The number of amides is 2. The Bertz CT molecular complexity index is 894. The van der Waals surface area contributed by atoms with Gasteiger partial charge in [-0.05, 0) is 62.4 Å². The van der Waals surface area contributed by atoms with Crippen molar-refractivity contribution in [1.29, 1.82) is 0 Å². The van der Waals surface area contributed by atoms with Gasteiger partial charge in [-0.15, -0.1) is 0 Å². The zero-order valence-electron chi connectivity index (χ0n) is 15.7. The van der Waals surface area contributed by atoms with Gasteiger partial charge >= 0.3 is 0 Å². The minimum atomic E-state index is -0.491. The number of Topliss-reactive ketones (excluding diaryl/α,β-unsaturated/α-hetero) is 1. The average molecular weight is 369 g/mol. The Balaban J connectivity index is 1.56. The van der Waals surface area contributed by atoms with Crippen molar-refractivity contribution in [2.75, 3.05) is 6.61 Å². The minimum absolute atomic E-state index is 0.0509. The number of aromatic nitrogens is 1. The zero-order chi connectivity index (χ0) is 19.6. The lowest BCUT2D eigenvalue weighted by atomic mass is 9.94. The molecule has 0 atom stereocenters. The number of nitrogens with one attached hydrogen (secondary N) is 3. The van der Waals surface area contributed by atoms with Gasteiger partial charge in [-0.2, -0.15) is 0 Å². The number of carbonyl (C=O) groups excluding carboxylic acids is 3. The molecule has 1 aliphatic carbocycles. The van der Waals surface area contributed by atoms with E-state index in [2.05, 4.69) is 15.8 Å². The summed E-state index contributed by atoms with van der Waals surface area (Å²) in [5, 5.41) is 0. The van der Waals surface area contributed by atoms with E-state index in [9.17, 15) is 14.4 Å². The Labute approximate surface area is 157 Å². The number of ether oxygens (including phenoxy) is 1. The van der Waals surface area contributed by atoms with Crippen LogP contribution in [0.3, 0.4) is 0 Å². The van der Waals surface area contributed by atoms with Gasteiger partial charge in [-0.3, -0.25) is 25.2 Å². The van der Waals surface area contributed by atoms with Crippen molar-refractivity contribution in [3.8, 4) is 5.75 Å². The van der Waals surface area contributed by atoms with Crippen molar-refractivity contribution in [2.24, 2.45) is 0 Å². The lowest BCUT2D eigenvalue weighted by Crippen LogP contribution is -2.44. The molecule has 2 amide bonds. The number of H-pyrrole nitrogens is 1. The summed E-state index contributed by atoms with van der Waals surface area (Å²) in [5.41, 5.74) is 9.09. The molecule has 0 aliphatic heterocycles. The van der Waals surface area contributed by atoms with Gasteiger partial charge in [0, 0.05) is 17.7 Å². The molecule has 0 saturated carbocycles. The molecule has 1 aliphatic rings. The summed E-state index contributed by atoms with van der Waals surface area (Å²) in [6.07, 6.45) is 2.02. The third-order valence-electron chi connectivity index (χ3n) is 4.54. The second kappa shape index (κ2) is 7.65. The predicted octanol–water partition coefficient (Wildman–Crippen LogP) is 2.30. The number of carbonyl (C=O) groups is 3. The molecule has 0 bridgehead atoms. The van der Waals surface area contributed by atoms with Crippen molar-refractivity contribution in [1.82, 2.24) is 15.8 Å². The van der Waals surface area contributed by atoms with Crippen LogP contribution in [0.15, 0.2) is 18.2 Å². The summed E-state index contributed by atoms with van der Waals surface area (Å²) in [5.74, 6) is -0.322. The van der Waals surface area contributed by atoms with Crippen LogP contribution in [-0.4, -0.2) is 29.2 Å². The van der Waals surface area contributed by atoms with Crippen LogP contribution in [0.5, 0.6) is 5.75 Å². The van der Waals surface area contributed by atoms with E-state index in [1.165, 1.54) is 0 Å². The van der Waals surface area contributed by atoms with Crippen molar-refractivity contribution in [2.45, 2.75) is 40.0 Å². The van der Waals surface area contributed by atoms with Crippen molar-refractivity contribution < 1.29 is 19.1 Å². The third-order valence-corrected chi connectivity index (χ3v) is 4.54. The first-order chi connectivity index (χ1) is 12.8. The van der Waals surface area contributed by atoms with Crippen LogP contribution in [0.2, 0.25) is 0 Å². The summed E-state index contributed by atoms with van der Waals surface area (Å²) in [4.78, 5) is 39.3. The summed E-state index contributed by atoms with van der Waals surface area (Å²) >= 11 is 0. The van der Waals surface area contributed by atoms with Crippen LogP contribution in [0, 0.1) is 20.8 Å². The van der Waals surface area contributed by atoms with Crippen molar-refractivity contribution >= 4 is 17.6 Å². The standard InChI is InChI=1S/C20H23N3O4/c1-11-7-12(2)9-14(8-11)27-10-17(25)22-23-20(26)19-13(3)18-15(21-19)5-4-6-16(18)24/h7-9,21H,4-6,10H2,1-3H3,(H,22,25)(H,23,26). The fraction of sp³-hybridized carbons (Fsp3) is 0.350. The lowest BCUT2D eigenvalue weighted by Gasteiger charge is -2.10. The van der Waals surface area contributed by atoms with E-state index in [0.717, 1.165) is 29.7 Å². The number of ketones is 1. The number of fused-ring (bicyclic) bond motifs is 1. The molecule has 3 rings (SSSR count). The molecule has 0 fully saturated rings. The summed E-state index contributed by atoms with van der Waals surface area (Å²) in [6, 6.07) is 5.68. The number of hydrogen-bond donors (Lipinski definition) is 3. The number of benzene rings is 1. The normalized spacial score (nSPS) is 13.1. The van der Waals surface area contributed by atoms with E-state index < -0.39 is 11.8 Å². The number of aryl methyl sites for hydroxylation is 3. The Morgan fingerprint density at radius 2 is 1.78 bits per heavy atom. The quantitative estimate of drug-likeness (QED) is 0.720. The van der Waals surface area contributed by atoms with E-state index in [0.29, 0.717) is 29.0 Å². The number of hydrogen-bond acceptors (Lipinski definition) is 4. The average Bonchev–Trinajstić information content (AvgIpc) is 2.95. The second-order valence-electron chi connectivity index (χ2n) is 6.87. The molecule has 3 N–H and O–H groups in total. The van der Waals surface area contributed by atoms with Gasteiger partial charge in [0.05, 0.1) is 0 Å². The van der Waals surface area contributed by atoms with Gasteiger partial charge in [0.25, 0.3) is 11.8 Å². The molecule has 7 nitrogen and oxygen atoms in total. The van der Waals surface area contributed by atoms with E-state index >= 15 is 0 Å². The second-order valence-corrected chi connectivity index (χ2v) is 6.87. The fourth-order valence-electron chi connectivity index (χ4n) is 3.39. The zero-order valence-corrected chi connectivity index (χ0v) is 15.7. The molecule has 27 heavy (non-hydrogen) atoms. The highest BCUT2D eigenvalue weighted by Gasteiger charge is 2.26. The van der Waals surface area contributed by atoms with E-state index in [1.807, 2.05) is 32.0 Å². The Morgan fingerprint density at radius 1 is 1.07 bits per heavy atom. The highest BCUT2D eigenvalue weighted by Crippen LogP contribution is 2.26. The van der Waals surface area contributed by atoms with Crippen LogP contribution in [0.4, 0.5) is 0 Å². The first-order valence-electron chi connectivity index (χ1n) is 8.90. The molecule has 2 aromatic rings. The maximum absolute atomic E-state index is 12.3. The van der Waals surface area contributed by atoms with Crippen LogP contribution >= 0.6 is 0 Å². The summed E-state index contributed by atoms with van der Waals surface area (Å²) in [7, 11) is 0. The van der Waals surface area contributed by atoms with E-state index in [1.54, 1.807) is 6.92 Å². The van der Waals surface area contributed by atoms with Gasteiger partial charge in [0.15, 0.2) is 12.4 Å². The fourth-order valence-corrected chi connectivity index (χ4v) is 3.39. The van der Waals surface area contributed by atoms with E-state index in [4.69, 9.17) is 4.74 Å². The smallest absolute Gasteiger partial charge is 0.286 e. The Hall–Kier alpha value is -3.09. The van der Waals surface area contributed by atoms with Gasteiger partial charge in [-0.25, -0.2) is 0 Å². The largest absolute Gasteiger partial charge is 0.484 e. The first kappa shape index (κ1) is 18.7. The minimum Gasteiger partial charge on any atom is -0.484 e. The van der Waals surface area contributed by atoms with Crippen LogP contribution in [0.25, 0.3) is 0 Å². The Kier molecular flexibility index (Phi) is 5.30. The summed E-state index contributed by atoms with van der Waals surface area (Å²) < 4.78 is 5.46. The lowest BCUT2D eigenvalue weighted by molar-refractivity contribution is -0.123. The number of rotatable bonds is 4. The third kappa shape index (κ3) is 4.19. The van der Waals surface area contributed by atoms with Gasteiger partial charge in [-0.1, -0.05) is 6.07 Å². The molecule has 142 valence electrons. The summed E-state index contributed by atoms with van der Waals surface area (Å²) in [6.45, 7) is 5.41. The first-order valence-corrected chi connectivity index (χ1v) is 8.90. The monoisotopic (exact) mass is 369 g/mol. The maximum atomic E-state index is 12.3. The molecule has 0 saturated heterocycles. The van der Waals surface area contributed by atoms with E-state index in [-0.39, 0.29) is 12.4 Å². The maximum Gasteiger partial charge on any atom is 0.286 e. The van der Waals surface area contributed by atoms with Crippen LogP contribution in [0.1, 0.15) is 56.1 Å². The predicted molar refractivity (Wildman–Crippen MR) is 99.8 cm³/mol. The molecule has 0 unspecified atom stereocenters. The highest BCUT2D eigenvalue weighted by molar-refractivity contribution is 6.04. The highest BCUT2D eigenvalue weighted by atomic mass is 16.5. The topological polar surface area (TPSA) is 100 Å². The molecule has 0 radical (unpaired) electrons. The number of aromatic amines is 1. The van der Waals surface area contributed by atoms with Gasteiger partial charge in [0.2, 0.25) is 0 Å². The molecule has 1 aromatic carbocycles. The van der Waals surface area contributed by atoms with Gasteiger partial charge in [0.1, 0.15) is 11.4 Å². The van der Waals surface area contributed by atoms with Crippen LogP contribution in [-0.2, 0) is 11.2 Å².